The van der Waals surface area contributed by atoms with Crippen LogP contribution in [0.2, 0.25) is 0 Å². The Balaban J connectivity index is 0.000000202. The van der Waals surface area contributed by atoms with Crippen molar-refractivity contribution in [2.75, 3.05) is 31.2 Å². The lowest BCUT2D eigenvalue weighted by Crippen LogP contribution is -2.29. The summed E-state index contributed by atoms with van der Waals surface area (Å²) in [5.41, 5.74) is 9.60. The quantitative estimate of drug-likeness (QED) is 0.223. The molecule has 3 aromatic rings. The summed E-state index contributed by atoms with van der Waals surface area (Å²) >= 11 is 0. The zero-order valence-electron chi connectivity index (χ0n) is 23.3. The highest BCUT2D eigenvalue weighted by molar-refractivity contribution is 5.78. The van der Waals surface area contributed by atoms with E-state index in [0.29, 0.717) is 30.8 Å². The molecular weight excluding hydrogens is 484 g/mol. The molecule has 0 bridgehead atoms. The molecule has 0 atom stereocenters. The van der Waals surface area contributed by atoms with Crippen LogP contribution in [0.4, 0.5) is 6.01 Å². The lowest BCUT2D eigenvalue weighted by atomic mass is 10.0. The third kappa shape index (κ3) is 6.75. The zero-order valence-corrected chi connectivity index (χ0v) is 23.3. The van der Waals surface area contributed by atoms with Gasteiger partial charge in [0.05, 0.1) is 13.2 Å². The fraction of sp³-hybridized carbons (Fsp3) is 0.265. The molecule has 0 unspecified atom stereocenters. The number of rotatable bonds is 8. The molecule has 0 amide bonds. The number of fused-ring (bicyclic) bond motifs is 1. The molecule has 2 aliphatic rings. The first kappa shape index (κ1) is 28.1. The number of aliphatic hydroxyl groups is 2. The first-order valence-electron chi connectivity index (χ1n) is 13.5. The Kier molecular flexibility index (Phi) is 9.53. The highest BCUT2D eigenvalue weighted by Gasteiger charge is 2.20. The molecule has 0 radical (unpaired) electrons. The van der Waals surface area contributed by atoms with E-state index in [-0.39, 0.29) is 13.2 Å². The van der Waals surface area contributed by atoms with Gasteiger partial charge in [-0.25, -0.2) is 0 Å². The fourth-order valence-corrected chi connectivity index (χ4v) is 4.59. The Labute approximate surface area is 231 Å². The highest BCUT2D eigenvalue weighted by atomic mass is 16.4. The summed E-state index contributed by atoms with van der Waals surface area (Å²) in [4.78, 5) is 6.37. The average molecular weight is 523 g/mol. The van der Waals surface area contributed by atoms with E-state index in [1.807, 2.05) is 60.7 Å². The summed E-state index contributed by atoms with van der Waals surface area (Å²) in [6.07, 6.45) is 0. The van der Waals surface area contributed by atoms with Crippen LogP contribution in [0.5, 0.6) is 0 Å². The van der Waals surface area contributed by atoms with Crippen molar-refractivity contribution in [1.82, 2.24) is 4.98 Å². The maximum atomic E-state index is 9.24. The summed E-state index contributed by atoms with van der Waals surface area (Å²) in [7, 11) is 0. The van der Waals surface area contributed by atoms with Crippen molar-refractivity contribution in [3.63, 3.8) is 0 Å². The third-order valence-electron chi connectivity index (χ3n) is 6.85. The molecule has 2 aromatic carbocycles. The normalized spacial score (nSPS) is 10.9. The largest absolute Gasteiger partial charge is 0.423 e. The van der Waals surface area contributed by atoms with Crippen LogP contribution >= 0.6 is 0 Å². The van der Waals surface area contributed by atoms with Crippen molar-refractivity contribution < 1.29 is 14.6 Å². The van der Waals surface area contributed by atoms with Gasteiger partial charge in [0, 0.05) is 24.2 Å². The first-order valence-corrected chi connectivity index (χ1v) is 13.5. The van der Waals surface area contributed by atoms with Crippen LogP contribution in [0.1, 0.15) is 36.5 Å². The monoisotopic (exact) mass is 522 g/mol. The van der Waals surface area contributed by atoms with Gasteiger partial charge < -0.3 is 19.5 Å². The molecule has 39 heavy (non-hydrogen) atoms. The number of aryl methyl sites for hydroxylation is 2. The number of aromatic nitrogens is 1. The van der Waals surface area contributed by atoms with E-state index in [1.165, 1.54) is 27.8 Å². The Hall–Kier alpha value is -3.93. The minimum absolute atomic E-state index is 0.0380. The standard InChI is InChI=1S/C19H20N2O3.C15H18/c22-13-11-21(12-14-23)19-20-17(15-7-3-1-4-8-15)18(24-19)16-9-5-2-6-10-16;1-10(2)13-7-5-11(3)14-8-6-12(4)15(14)9-13/h1-10,22-23H,11-14H2;5-10H,1-4H3. The van der Waals surface area contributed by atoms with Crippen LogP contribution in [0.3, 0.4) is 0 Å². The minimum atomic E-state index is -0.0380. The molecular formula is C34H38N2O3. The number of oxazole rings is 1. The van der Waals surface area contributed by atoms with E-state index in [0.717, 1.165) is 16.8 Å². The van der Waals surface area contributed by atoms with E-state index < -0.39 is 0 Å². The average Bonchev–Trinajstić information content (AvgIpc) is 3.51. The molecule has 0 fully saturated rings. The minimum Gasteiger partial charge on any atom is -0.423 e. The van der Waals surface area contributed by atoms with Gasteiger partial charge in [-0.15, -0.1) is 0 Å². The number of aliphatic hydroxyl groups excluding tert-OH is 2. The van der Waals surface area contributed by atoms with Crippen LogP contribution in [-0.2, 0) is 0 Å². The van der Waals surface area contributed by atoms with Crippen LogP contribution in [0.15, 0.2) is 95.4 Å². The van der Waals surface area contributed by atoms with E-state index >= 15 is 0 Å². The van der Waals surface area contributed by atoms with Crippen LogP contribution in [0.25, 0.3) is 33.7 Å². The van der Waals surface area contributed by atoms with Gasteiger partial charge in [0.25, 0.3) is 6.01 Å². The molecule has 1 heterocycles. The Bertz CT molecular complexity index is 1360. The van der Waals surface area contributed by atoms with E-state index in [9.17, 15) is 10.2 Å². The van der Waals surface area contributed by atoms with E-state index in [2.05, 4.69) is 63.0 Å². The number of nitrogens with zero attached hydrogens (tertiary/aromatic N) is 2. The number of hydrogen-bond acceptors (Lipinski definition) is 5. The van der Waals surface area contributed by atoms with Gasteiger partial charge in [0.2, 0.25) is 0 Å². The lowest BCUT2D eigenvalue weighted by Gasteiger charge is -2.17. The smallest absolute Gasteiger partial charge is 0.298 e. The van der Waals surface area contributed by atoms with Gasteiger partial charge in [-0.2, -0.15) is 4.98 Å². The number of anilines is 1. The Morgan fingerprint density at radius 2 is 1.28 bits per heavy atom. The second-order valence-electron chi connectivity index (χ2n) is 10.00. The third-order valence-corrected chi connectivity index (χ3v) is 6.85. The topological polar surface area (TPSA) is 69.7 Å². The molecule has 5 nitrogen and oxygen atoms in total. The molecule has 202 valence electrons. The molecule has 5 rings (SSSR count). The van der Waals surface area contributed by atoms with Gasteiger partial charge >= 0.3 is 0 Å². The fourth-order valence-electron chi connectivity index (χ4n) is 4.59. The first-order chi connectivity index (χ1) is 18.9. The summed E-state index contributed by atoms with van der Waals surface area (Å²) in [5, 5.41) is 18.5. The van der Waals surface area contributed by atoms with Crippen molar-refractivity contribution in [3.8, 4) is 33.7 Å². The maximum absolute atomic E-state index is 9.24. The molecule has 0 spiro atoms. The molecule has 0 saturated heterocycles. The summed E-state index contributed by atoms with van der Waals surface area (Å²) in [5.74, 6) is 1.27. The van der Waals surface area contributed by atoms with Crippen LogP contribution < -0.4 is 4.90 Å². The molecule has 2 aliphatic carbocycles. The van der Waals surface area contributed by atoms with Crippen molar-refractivity contribution in [1.29, 1.82) is 0 Å². The predicted octanol–water partition coefficient (Wildman–Crippen LogP) is 7.33. The van der Waals surface area contributed by atoms with Gasteiger partial charge in [0.15, 0.2) is 5.76 Å². The summed E-state index contributed by atoms with van der Waals surface area (Å²) in [6.45, 7) is 9.49. The molecule has 1 aromatic heterocycles. The second kappa shape index (κ2) is 13.2. The highest BCUT2D eigenvalue weighted by Crippen LogP contribution is 2.35. The van der Waals surface area contributed by atoms with Crippen molar-refractivity contribution in [2.24, 2.45) is 0 Å². The second-order valence-corrected chi connectivity index (χ2v) is 10.00. The number of hydrogen-bond donors (Lipinski definition) is 2. The molecule has 5 heteroatoms. The Morgan fingerprint density at radius 3 is 1.87 bits per heavy atom. The summed E-state index contributed by atoms with van der Waals surface area (Å²) in [6, 6.07) is 31.3. The SMILES string of the molecule is Cc1ccc(C(C)C)cc2c(C)ccc1-2.OCCN(CCO)c1nc(-c2ccccc2)c(-c2ccccc2)o1. The molecule has 2 N–H and O–H groups in total. The van der Waals surface area contributed by atoms with Crippen LogP contribution in [-0.4, -0.2) is 41.5 Å². The molecule has 0 saturated carbocycles. The summed E-state index contributed by atoms with van der Waals surface area (Å²) < 4.78 is 6.02. The predicted molar refractivity (Wildman–Crippen MR) is 160 cm³/mol. The van der Waals surface area contributed by atoms with Crippen molar-refractivity contribution >= 4 is 6.01 Å². The van der Waals surface area contributed by atoms with Crippen molar-refractivity contribution in [2.45, 2.75) is 33.6 Å². The van der Waals surface area contributed by atoms with Gasteiger partial charge in [-0.3, -0.25) is 0 Å². The van der Waals surface area contributed by atoms with Gasteiger partial charge in [0.1, 0.15) is 5.69 Å². The zero-order chi connectivity index (χ0) is 27.8. The lowest BCUT2D eigenvalue weighted by molar-refractivity contribution is 0.276. The Morgan fingerprint density at radius 1 is 0.718 bits per heavy atom. The van der Waals surface area contributed by atoms with E-state index in [1.54, 1.807) is 4.90 Å². The van der Waals surface area contributed by atoms with Crippen molar-refractivity contribution in [3.05, 3.63) is 108 Å². The maximum Gasteiger partial charge on any atom is 0.298 e. The van der Waals surface area contributed by atoms with Crippen LogP contribution in [0, 0.1) is 13.8 Å². The molecule has 0 aliphatic heterocycles. The van der Waals surface area contributed by atoms with Gasteiger partial charge in [-0.1, -0.05) is 105 Å². The van der Waals surface area contributed by atoms with E-state index in [4.69, 9.17) is 4.42 Å². The number of benzene rings is 2. The van der Waals surface area contributed by atoms with Gasteiger partial charge in [-0.05, 0) is 47.6 Å².